The van der Waals surface area contributed by atoms with Crippen molar-refractivity contribution in [2.45, 2.75) is 44.9 Å². The van der Waals surface area contributed by atoms with Crippen LogP contribution in [0.25, 0.3) is 22.6 Å². The van der Waals surface area contributed by atoms with E-state index in [0.717, 1.165) is 36.0 Å². The van der Waals surface area contributed by atoms with Crippen molar-refractivity contribution < 1.29 is 17.2 Å². The number of nitrogens with zero attached hydrogens (tertiary/aromatic N) is 5. The molecule has 1 aromatic carbocycles. The lowest BCUT2D eigenvalue weighted by Gasteiger charge is -2.54. The third-order valence-electron chi connectivity index (χ3n) is 8.65. The lowest BCUT2D eigenvalue weighted by atomic mass is 9.50. The molecule has 3 aliphatic rings. The Morgan fingerprint density at radius 1 is 1.05 bits per heavy atom. The normalized spacial score (nSPS) is 23.6. The van der Waals surface area contributed by atoms with Crippen molar-refractivity contribution in [3.05, 3.63) is 82.9 Å². The Labute approximate surface area is 231 Å². The van der Waals surface area contributed by atoms with Gasteiger partial charge in [0.15, 0.2) is 5.82 Å². The number of aryl methyl sites for hydroxylation is 1. The molecule has 40 heavy (non-hydrogen) atoms. The van der Waals surface area contributed by atoms with Gasteiger partial charge in [0.05, 0.1) is 34.3 Å². The zero-order valence-corrected chi connectivity index (χ0v) is 23.3. The van der Waals surface area contributed by atoms with Gasteiger partial charge in [0.1, 0.15) is 17.5 Å². The number of hydrogen-bond acceptors (Lipinski definition) is 7. The van der Waals surface area contributed by atoms with E-state index in [4.69, 9.17) is 4.98 Å². The van der Waals surface area contributed by atoms with Crippen LogP contribution in [0.5, 0.6) is 0 Å². The van der Waals surface area contributed by atoms with Crippen LogP contribution in [-0.2, 0) is 15.4 Å². The van der Waals surface area contributed by atoms with Crippen molar-refractivity contribution in [1.29, 1.82) is 0 Å². The zero-order chi connectivity index (χ0) is 28.4. The summed E-state index contributed by atoms with van der Waals surface area (Å²) < 4.78 is 55.0. The summed E-state index contributed by atoms with van der Waals surface area (Å²) >= 11 is 0. The molecule has 3 heterocycles. The largest absolute Gasteiger partial charge is 0.267 e. The number of nitrogens with one attached hydrogen (secondary N) is 1. The van der Waals surface area contributed by atoms with Gasteiger partial charge < -0.3 is 0 Å². The number of anilines is 1. The van der Waals surface area contributed by atoms with Crippen LogP contribution in [0.15, 0.2) is 48.8 Å². The first-order chi connectivity index (χ1) is 19.0. The van der Waals surface area contributed by atoms with Gasteiger partial charge in [-0.2, -0.15) is 5.10 Å². The molecule has 0 radical (unpaired) electrons. The lowest BCUT2D eigenvalue weighted by molar-refractivity contribution is 0.112. The maximum atomic E-state index is 14.6. The fourth-order valence-corrected chi connectivity index (χ4v) is 7.12. The van der Waals surface area contributed by atoms with Gasteiger partial charge in [-0.3, -0.25) is 4.72 Å². The van der Waals surface area contributed by atoms with Gasteiger partial charge in [0.25, 0.3) is 0 Å². The van der Waals surface area contributed by atoms with Crippen LogP contribution in [0.4, 0.5) is 14.6 Å². The summed E-state index contributed by atoms with van der Waals surface area (Å²) in [6, 6.07) is 9.27. The molecule has 1 fully saturated rings. The fourth-order valence-electron chi connectivity index (χ4n) is 6.55. The van der Waals surface area contributed by atoms with Crippen molar-refractivity contribution >= 4 is 15.8 Å². The van der Waals surface area contributed by atoms with E-state index in [9.17, 15) is 17.2 Å². The van der Waals surface area contributed by atoms with Crippen LogP contribution in [0.3, 0.4) is 0 Å². The number of pyridine rings is 1. The predicted octanol–water partition coefficient (Wildman–Crippen LogP) is 5.40. The summed E-state index contributed by atoms with van der Waals surface area (Å²) in [4.78, 5) is 13.8. The van der Waals surface area contributed by atoms with Gasteiger partial charge >= 0.3 is 0 Å². The van der Waals surface area contributed by atoms with Crippen LogP contribution >= 0.6 is 0 Å². The zero-order valence-electron chi connectivity index (χ0n) is 22.5. The molecule has 0 spiro atoms. The SMILES string of the molecule is Cc1cc(-c2nccc([C@@]34CC[C@@H](c5cc(-c6c(F)cccc6F)nnc53)C(C)[C@H]4C)n2)cnc1NS(C)(=O)=O. The Morgan fingerprint density at radius 3 is 2.50 bits per heavy atom. The minimum absolute atomic E-state index is 0.171. The average Bonchev–Trinajstić information content (AvgIpc) is 2.91. The summed E-state index contributed by atoms with van der Waals surface area (Å²) in [5, 5.41) is 8.96. The molecule has 4 atom stereocenters. The number of fused-ring (bicyclic) bond motifs is 2. The quantitative estimate of drug-likeness (QED) is 0.347. The van der Waals surface area contributed by atoms with Crippen LogP contribution in [-0.4, -0.2) is 39.8 Å². The molecular formula is C29H28F2N6O2S. The number of sulfonamides is 1. The summed E-state index contributed by atoms with van der Waals surface area (Å²) in [5.41, 5.74) is 3.29. The van der Waals surface area contributed by atoms with E-state index in [1.54, 1.807) is 31.5 Å². The summed E-state index contributed by atoms with van der Waals surface area (Å²) in [7, 11) is -3.47. The molecule has 11 heteroatoms. The highest BCUT2D eigenvalue weighted by molar-refractivity contribution is 7.92. The number of aromatic nitrogens is 5. The van der Waals surface area contributed by atoms with Gasteiger partial charge in [-0.05, 0) is 79.0 Å². The van der Waals surface area contributed by atoms with Gasteiger partial charge in [0, 0.05) is 18.0 Å². The van der Waals surface area contributed by atoms with E-state index in [-0.39, 0.29) is 34.8 Å². The summed E-state index contributed by atoms with van der Waals surface area (Å²) in [6.07, 6.45) is 6.02. The molecule has 7 rings (SSSR count). The Balaban J connectivity index is 1.46. The molecule has 1 unspecified atom stereocenters. The van der Waals surface area contributed by atoms with Crippen LogP contribution in [0.2, 0.25) is 0 Å². The smallest absolute Gasteiger partial charge is 0.230 e. The second kappa shape index (κ2) is 9.36. The average molecular weight is 563 g/mol. The highest BCUT2D eigenvalue weighted by Crippen LogP contribution is 2.60. The summed E-state index contributed by atoms with van der Waals surface area (Å²) in [6.45, 7) is 6.17. The second-order valence-corrected chi connectivity index (χ2v) is 12.7. The Morgan fingerprint density at radius 2 is 1.80 bits per heavy atom. The highest BCUT2D eigenvalue weighted by Gasteiger charge is 2.56. The molecule has 1 saturated carbocycles. The Kier molecular flexibility index (Phi) is 6.17. The maximum Gasteiger partial charge on any atom is 0.230 e. The third kappa shape index (κ3) is 4.14. The van der Waals surface area contributed by atoms with Crippen molar-refractivity contribution in [1.82, 2.24) is 25.1 Å². The van der Waals surface area contributed by atoms with E-state index in [1.807, 2.05) is 6.07 Å². The molecule has 206 valence electrons. The molecule has 3 aromatic heterocycles. The molecular weight excluding hydrogens is 534 g/mol. The lowest BCUT2D eigenvalue weighted by Crippen LogP contribution is -2.51. The molecule has 2 bridgehead atoms. The predicted molar refractivity (Wildman–Crippen MR) is 147 cm³/mol. The molecule has 8 nitrogen and oxygen atoms in total. The number of halogens is 2. The number of rotatable bonds is 5. The molecule has 3 aliphatic carbocycles. The van der Waals surface area contributed by atoms with Gasteiger partial charge in [-0.1, -0.05) is 19.9 Å². The van der Waals surface area contributed by atoms with E-state index in [2.05, 4.69) is 38.7 Å². The standard InChI is InChI=1S/C29H28F2N6O2S/c1-15-12-18(14-33-27(15)37-40(4,38)39)28-32-11-9-24(34-28)29-10-8-19(16(2)17(29)3)20-13-23(35-36-26(20)29)25-21(30)6-5-7-22(25)31/h5-7,9,11-14,16-17,19H,8,10H2,1-4H3,(H,33,37)/t16?,17-,19-,29+/m1/s1. The van der Waals surface area contributed by atoms with Gasteiger partial charge in [-0.15, -0.1) is 5.10 Å². The minimum Gasteiger partial charge on any atom is -0.267 e. The molecule has 1 N–H and O–H groups in total. The minimum atomic E-state index is -3.47. The van der Waals surface area contributed by atoms with E-state index in [0.29, 0.717) is 17.0 Å². The van der Waals surface area contributed by atoms with Crippen LogP contribution in [0, 0.1) is 30.4 Å². The fraction of sp³-hybridized carbons (Fsp3) is 0.345. The van der Waals surface area contributed by atoms with Crippen LogP contribution < -0.4 is 4.72 Å². The second-order valence-electron chi connectivity index (χ2n) is 10.9. The first-order valence-corrected chi connectivity index (χ1v) is 15.0. The van der Waals surface area contributed by atoms with Crippen molar-refractivity contribution in [3.63, 3.8) is 0 Å². The van der Waals surface area contributed by atoms with E-state index in [1.165, 1.54) is 18.2 Å². The summed E-state index contributed by atoms with van der Waals surface area (Å²) in [5.74, 6) is 0.00206. The maximum absolute atomic E-state index is 14.6. The topological polar surface area (TPSA) is 111 Å². The van der Waals surface area contributed by atoms with E-state index < -0.39 is 27.1 Å². The molecule has 0 aliphatic heterocycles. The number of benzene rings is 1. The first-order valence-electron chi connectivity index (χ1n) is 13.1. The molecule has 0 saturated heterocycles. The van der Waals surface area contributed by atoms with Crippen molar-refractivity contribution in [2.75, 3.05) is 11.0 Å². The van der Waals surface area contributed by atoms with Gasteiger partial charge in [0.2, 0.25) is 10.0 Å². The highest BCUT2D eigenvalue weighted by atomic mass is 32.2. The molecule has 4 aromatic rings. The Bertz CT molecular complexity index is 1750. The van der Waals surface area contributed by atoms with Crippen molar-refractivity contribution in [3.8, 4) is 22.6 Å². The van der Waals surface area contributed by atoms with E-state index >= 15 is 0 Å². The third-order valence-corrected chi connectivity index (χ3v) is 9.21. The van der Waals surface area contributed by atoms with Gasteiger partial charge in [-0.25, -0.2) is 32.2 Å². The Hall–Kier alpha value is -3.86. The van der Waals surface area contributed by atoms with Crippen molar-refractivity contribution in [2.24, 2.45) is 11.8 Å². The molecule has 0 amide bonds. The first kappa shape index (κ1) is 26.4. The number of hydrogen-bond donors (Lipinski definition) is 1. The van der Waals surface area contributed by atoms with Crippen LogP contribution in [0.1, 0.15) is 55.1 Å². The monoisotopic (exact) mass is 562 g/mol.